The quantitative estimate of drug-likeness (QED) is 0.692. The third-order valence-corrected chi connectivity index (χ3v) is 10.9. The van der Waals surface area contributed by atoms with Crippen molar-refractivity contribution in [2.45, 2.75) is 37.9 Å². The lowest BCUT2D eigenvalue weighted by atomic mass is 10.0. The van der Waals surface area contributed by atoms with Gasteiger partial charge in [0.05, 0.1) is 11.0 Å². The SMILES string of the molecule is CC1CC(CC2=CC=C(CC3CC[S+]([O-])C3)S2(=O)=O)CS1(=O)=O. The Morgan fingerprint density at radius 1 is 1.13 bits per heavy atom. The van der Waals surface area contributed by atoms with Crippen molar-refractivity contribution < 1.29 is 21.4 Å². The molecule has 3 aliphatic rings. The minimum atomic E-state index is -3.45. The Kier molecular flexibility index (Phi) is 4.72. The summed E-state index contributed by atoms with van der Waals surface area (Å²) in [5.41, 5.74) is 0. The molecule has 0 spiro atoms. The lowest BCUT2D eigenvalue weighted by molar-refractivity contribution is 0.556. The Hall–Kier alpha value is -0.310. The zero-order chi connectivity index (χ0) is 16.8. The van der Waals surface area contributed by atoms with Crippen molar-refractivity contribution in [1.29, 1.82) is 0 Å². The average Bonchev–Trinajstić information content (AvgIpc) is 3.03. The number of rotatable bonds is 4. The highest BCUT2D eigenvalue weighted by Gasteiger charge is 2.39. The minimum absolute atomic E-state index is 0.0813. The summed E-state index contributed by atoms with van der Waals surface area (Å²) in [6.07, 6.45) is 5.39. The summed E-state index contributed by atoms with van der Waals surface area (Å²) in [4.78, 5) is 0.756. The highest BCUT2D eigenvalue weighted by molar-refractivity contribution is 7.99. The molecule has 0 bridgehead atoms. The number of sulfone groups is 2. The second-order valence-corrected chi connectivity index (χ2v) is 13.0. The van der Waals surface area contributed by atoms with Crippen LogP contribution in [0.25, 0.3) is 0 Å². The predicted octanol–water partition coefficient (Wildman–Crippen LogP) is 1.55. The Balaban J connectivity index is 1.64. The number of allylic oxidation sites excluding steroid dienone is 4. The first-order valence-electron chi connectivity index (χ1n) is 7.90. The molecule has 0 aromatic heterocycles. The van der Waals surface area contributed by atoms with Crippen LogP contribution in [0.2, 0.25) is 0 Å². The zero-order valence-electron chi connectivity index (χ0n) is 13.1. The van der Waals surface area contributed by atoms with E-state index in [9.17, 15) is 21.4 Å². The van der Waals surface area contributed by atoms with Crippen molar-refractivity contribution in [3.8, 4) is 0 Å². The van der Waals surface area contributed by atoms with E-state index in [0.717, 1.165) is 6.42 Å². The molecule has 0 amide bonds. The zero-order valence-corrected chi connectivity index (χ0v) is 15.6. The fraction of sp³-hybridized carbons (Fsp3) is 0.733. The lowest BCUT2D eigenvalue weighted by Crippen LogP contribution is -2.13. The van der Waals surface area contributed by atoms with Gasteiger partial charge in [-0.2, -0.15) is 0 Å². The molecule has 130 valence electrons. The molecule has 0 aromatic carbocycles. The summed E-state index contributed by atoms with van der Waals surface area (Å²) >= 11 is -0.809. The van der Waals surface area contributed by atoms with Gasteiger partial charge in [0.15, 0.2) is 19.7 Å². The van der Waals surface area contributed by atoms with Crippen molar-refractivity contribution >= 4 is 30.9 Å². The van der Waals surface area contributed by atoms with E-state index in [1.54, 1.807) is 19.1 Å². The molecule has 0 radical (unpaired) electrons. The maximum atomic E-state index is 12.6. The summed E-state index contributed by atoms with van der Waals surface area (Å²) in [6, 6.07) is 0. The van der Waals surface area contributed by atoms with Gasteiger partial charge in [-0.15, -0.1) is 0 Å². The van der Waals surface area contributed by atoms with Gasteiger partial charge in [0, 0.05) is 15.7 Å². The van der Waals surface area contributed by atoms with E-state index in [1.807, 2.05) is 0 Å². The lowest BCUT2D eigenvalue weighted by Gasteiger charge is -2.13. The van der Waals surface area contributed by atoms with Crippen LogP contribution in [0, 0.1) is 11.8 Å². The Morgan fingerprint density at radius 2 is 1.74 bits per heavy atom. The second-order valence-electron chi connectivity index (χ2n) is 6.88. The van der Waals surface area contributed by atoms with E-state index in [-0.39, 0.29) is 22.8 Å². The standard InChI is InChI=1S/C15H22O5S3/c1-11-6-13(10-22(11,17)18)8-15-3-2-14(23(15,19)20)7-12-4-5-21(16)9-12/h2-3,11-13H,4-10H2,1H3. The molecular weight excluding hydrogens is 356 g/mol. The van der Waals surface area contributed by atoms with E-state index in [1.165, 1.54) is 0 Å². The van der Waals surface area contributed by atoms with Crippen molar-refractivity contribution in [2.75, 3.05) is 17.3 Å². The maximum Gasteiger partial charge on any atom is 0.198 e. The van der Waals surface area contributed by atoms with Crippen LogP contribution in [0.15, 0.2) is 22.0 Å². The van der Waals surface area contributed by atoms with Crippen LogP contribution in [-0.4, -0.2) is 43.9 Å². The Morgan fingerprint density at radius 3 is 2.22 bits per heavy atom. The van der Waals surface area contributed by atoms with Crippen molar-refractivity contribution in [2.24, 2.45) is 11.8 Å². The summed E-state index contributed by atoms with van der Waals surface area (Å²) in [5.74, 6) is 1.40. The Labute approximate surface area is 141 Å². The molecule has 3 aliphatic heterocycles. The van der Waals surface area contributed by atoms with Crippen LogP contribution >= 0.6 is 0 Å². The second kappa shape index (κ2) is 6.20. The molecule has 0 aromatic rings. The fourth-order valence-electron chi connectivity index (χ4n) is 3.67. The summed E-state index contributed by atoms with van der Waals surface area (Å²) in [7, 11) is -6.51. The summed E-state index contributed by atoms with van der Waals surface area (Å²) in [5, 5.41) is -0.377. The van der Waals surface area contributed by atoms with Crippen LogP contribution in [0.3, 0.4) is 0 Å². The van der Waals surface area contributed by atoms with Gasteiger partial charge < -0.3 is 4.55 Å². The van der Waals surface area contributed by atoms with E-state index in [4.69, 9.17) is 0 Å². The van der Waals surface area contributed by atoms with Crippen LogP contribution in [0.1, 0.15) is 32.6 Å². The molecule has 4 unspecified atom stereocenters. The van der Waals surface area contributed by atoms with Gasteiger partial charge in [0.1, 0.15) is 11.5 Å². The van der Waals surface area contributed by atoms with Crippen molar-refractivity contribution in [3.63, 3.8) is 0 Å². The van der Waals surface area contributed by atoms with Crippen LogP contribution in [-0.2, 0) is 30.9 Å². The number of hydrogen-bond donors (Lipinski definition) is 0. The molecule has 0 N–H and O–H groups in total. The molecule has 5 nitrogen and oxygen atoms in total. The van der Waals surface area contributed by atoms with E-state index >= 15 is 0 Å². The third-order valence-electron chi connectivity index (χ3n) is 5.05. The molecule has 8 heteroatoms. The van der Waals surface area contributed by atoms with Gasteiger partial charge in [-0.05, 0) is 50.7 Å². The molecule has 2 fully saturated rings. The van der Waals surface area contributed by atoms with Gasteiger partial charge in [0.2, 0.25) is 0 Å². The first-order chi connectivity index (χ1) is 10.7. The van der Waals surface area contributed by atoms with Crippen molar-refractivity contribution in [1.82, 2.24) is 0 Å². The van der Waals surface area contributed by atoms with E-state index in [0.29, 0.717) is 40.6 Å². The van der Waals surface area contributed by atoms with Crippen LogP contribution in [0.5, 0.6) is 0 Å². The predicted molar refractivity (Wildman–Crippen MR) is 91.7 cm³/mol. The molecule has 2 saturated heterocycles. The molecule has 3 rings (SSSR count). The smallest absolute Gasteiger partial charge is 0.198 e. The molecule has 3 heterocycles. The minimum Gasteiger partial charge on any atom is -0.616 e. The maximum absolute atomic E-state index is 12.6. The summed E-state index contributed by atoms with van der Waals surface area (Å²) < 4.78 is 60.4. The number of hydrogen-bond acceptors (Lipinski definition) is 5. The molecular formula is C15H22O5S3. The molecule has 4 atom stereocenters. The van der Waals surface area contributed by atoms with Crippen molar-refractivity contribution in [3.05, 3.63) is 22.0 Å². The fourth-order valence-corrected chi connectivity index (χ4v) is 8.79. The first kappa shape index (κ1) is 17.5. The van der Waals surface area contributed by atoms with Gasteiger partial charge in [-0.25, -0.2) is 16.8 Å². The van der Waals surface area contributed by atoms with Crippen LogP contribution in [0.4, 0.5) is 0 Å². The Bertz CT molecular complexity index is 748. The van der Waals surface area contributed by atoms with Gasteiger partial charge >= 0.3 is 0 Å². The topological polar surface area (TPSA) is 91.3 Å². The molecule has 23 heavy (non-hydrogen) atoms. The normalized spacial score (nSPS) is 38.5. The van der Waals surface area contributed by atoms with Gasteiger partial charge in [0.25, 0.3) is 0 Å². The van der Waals surface area contributed by atoms with Gasteiger partial charge in [-0.3, -0.25) is 0 Å². The van der Waals surface area contributed by atoms with Gasteiger partial charge in [-0.1, -0.05) is 11.2 Å². The highest BCUT2D eigenvalue weighted by Crippen LogP contribution is 2.38. The van der Waals surface area contributed by atoms with E-state index < -0.39 is 30.9 Å². The first-order valence-corrected chi connectivity index (χ1v) is 12.6. The average molecular weight is 379 g/mol. The van der Waals surface area contributed by atoms with E-state index in [2.05, 4.69) is 0 Å². The monoisotopic (exact) mass is 378 g/mol. The largest absolute Gasteiger partial charge is 0.616 e. The summed E-state index contributed by atoms with van der Waals surface area (Å²) in [6.45, 7) is 1.69. The molecule has 0 aliphatic carbocycles. The molecule has 0 saturated carbocycles. The third kappa shape index (κ3) is 3.55. The van der Waals surface area contributed by atoms with Crippen LogP contribution < -0.4 is 0 Å². The highest BCUT2D eigenvalue weighted by atomic mass is 32.2.